The molecule has 0 aliphatic heterocycles. The lowest BCUT2D eigenvalue weighted by Gasteiger charge is -2.22. The molecule has 0 saturated heterocycles. The summed E-state index contributed by atoms with van der Waals surface area (Å²) in [6, 6.07) is 7.44. The van der Waals surface area contributed by atoms with Crippen molar-refractivity contribution in [2.45, 2.75) is 44.6 Å². The van der Waals surface area contributed by atoms with Gasteiger partial charge in [0.1, 0.15) is 5.75 Å². The average Bonchev–Trinajstić information content (AvgIpc) is 2.76. The van der Waals surface area contributed by atoms with Crippen molar-refractivity contribution >= 4 is 11.6 Å². The lowest BCUT2D eigenvalue weighted by Crippen LogP contribution is -2.40. The van der Waals surface area contributed by atoms with Gasteiger partial charge in [0, 0.05) is 23.7 Å². The van der Waals surface area contributed by atoms with Gasteiger partial charge in [-0.15, -0.1) is 0 Å². The number of carbonyl (C=O) groups excluding carboxylic acids is 1. The van der Waals surface area contributed by atoms with E-state index in [0.717, 1.165) is 37.1 Å². The Morgan fingerprint density at radius 3 is 2.84 bits per heavy atom. The van der Waals surface area contributed by atoms with Crippen LogP contribution in [0, 0.1) is 0 Å². The molecule has 3 N–H and O–H groups in total. The summed E-state index contributed by atoms with van der Waals surface area (Å²) >= 11 is 0. The van der Waals surface area contributed by atoms with Crippen molar-refractivity contribution in [1.29, 1.82) is 0 Å². The number of hydrogen-bond acceptors (Lipinski definition) is 3. The molecule has 1 saturated carbocycles. The van der Waals surface area contributed by atoms with E-state index in [-0.39, 0.29) is 11.4 Å². The Hall–Kier alpha value is -1.55. The molecule has 0 heterocycles. The van der Waals surface area contributed by atoms with E-state index in [4.69, 9.17) is 10.5 Å². The maximum Gasteiger partial charge on any atom is 0.226 e. The van der Waals surface area contributed by atoms with Crippen LogP contribution in [0.2, 0.25) is 0 Å². The highest BCUT2D eigenvalue weighted by atomic mass is 16.5. The van der Waals surface area contributed by atoms with Crippen LogP contribution in [0.15, 0.2) is 24.3 Å². The van der Waals surface area contributed by atoms with Crippen LogP contribution in [0.25, 0.3) is 0 Å². The number of benzene rings is 1. The molecule has 2 rings (SSSR count). The van der Waals surface area contributed by atoms with Crippen LogP contribution in [-0.4, -0.2) is 18.1 Å². The van der Waals surface area contributed by atoms with Gasteiger partial charge in [-0.1, -0.05) is 18.9 Å². The Morgan fingerprint density at radius 2 is 2.16 bits per heavy atom. The number of rotatable bonds is 5. The molecule has 104 valence electrons. The number of carbonyl (C=O) groups is 1. The molecular weight excluding hydrogens is 240 g/mol. The van der Waals surface area contributed by atoms with Gasteiger partial charge in [0.05, 0.1) is 6.61 Å². The van der Waals surface area contributed by atoms with Crippen LogP contribution in [0.1, 0.15) is 39.0 Å². The molecule has 0 radical (unpaired) electrons. The molecule has 1 aliphatic rings. The highest BCUT2D eigenvalue weighted by Crippen LogP contribution is 2.30. The summed E-state index contributed by atoms with van der Waals surface area (Å²) in [5.41, 5.74) is 6.66. The topological polar surface area (TPSA) is 64.3 Å². The molecule has 1 aliphatic carbocycles. The largest absolute Gasteiger partial charge is 0.494 e. The van der Waals surface area contributed by atoms with Gasteiger partial charge in [-0.3, -0.25) is 4.79 Å². The minimum absolute atomic E-state index is 0.0157. The van der Waals surface area contributed by atoms with E-state index >= 15 is 0 Å². The summed E-state index contributed by atoms with van der Waals surface area (Å²) in [5.74, 6) is 0.752. The van der Waals surface area contributed by atoms with Crippen LogP contribution in [0.3, 0.4) is 0 Å². The summed E-state index contributed by atoms with van der Waals surface area (Å²) in [4.78, 5) is 12.0. The van der Waals surface area contributed by atoms with Crippen molar-refractivity contribution in [3.05, 3.63) is 24.3 Å². The first-order valence-electron chi connectivity index (χ1n) is 6.93. The minimum Gasteiger partial charge on any atom is -0.494 e. The van der Waals surface area contributed by atoms with Crippen LogP contribution in [0.5, 0.6) is 5.75 Å². The Bertz CT molecular complexity index is 440. The maximum atomic E-state index is 12.0. The number of ether oxygens (including phenoxy) is 1. The van der Waals surface area contributed by atoms with Crippen molar-refractivity contribution in [2.24, 2.45) is 5.73 Å². The summed E-state index contributed by atoms with van der Waals surface area (Å²) in [6.45, 7) is 2.55. The van der Waals surface area contributed by atoms with Gasteiger partial charge in [-0.05, 0) is 31.9 Å². The Labute approximate surface area is 114 Å². The third-order valence-electron chi connectivity index (χ3n) is 3.54. The maximum absolute atomic E-state index is 12.0. The predicted molar refractivity (Wildman–Crippen MR) is 76.2 cm³/mol. The van der Waals surface area contributed by atoms with Crippen LogP contribution < -0.4 is 15.8 Å². The fraction of sp³-hybridized carbons (Fsp3) is 0.533. The van der Waals surface area contributed by atoms with Crippen LogP contribution >= 0.6 is 0 Å². The van der Waals surface area contributed by atoms with Gasteiger partial charge < -0.3 is 15.8 Å². The molecule has 0 aromatic heterocycles. The van der Waals surface area contributed by atoms with Crippen molar-refractivity contribution in [3.8, 4) is 5.75 Å². The third kappa shape index (κ3) is 3.96. The fourth-order valence-corrected chi connectivity index (χ4v) is 2.61. The summed E-state index contributed by atoms with van der Waals surface area (Å²) in [7, 11) is 0. The highest BCUT2D eigenvalue weighted by Gasteiger charge is 2.31. The SMILES string of the molecule is CCOc1cccc(NC(=O)CC2(N)CCCC2)c1. The van der Waals surface area contributed by atoms with Crippen molar-refractivity contribution in [2.75, 3.05) is 11.9 Å². The molecule has 4 heteroatoms. The van der Waals surface area contributed by atoms with Crippen LogP contribution in [-0.2, 0) is 4.79 Å². The van der Waals surface area contributed by atoms with E-state index in [2.05, 4.69) is 5.32 Å². The lowest BCUT2D eigenvalue weighted by atomic mass is 9.94. The van der Waals surface area contributed by atoms with E-state index in [1.165, 1.54) is 0 Å². The Morgan fingerprint density at radius 1 is 1.42 bits per heavy atom. The molecule has 1 aromatic carbocycles. The van der Waals surface area contributed by atoms with Gasteiger partial charge in [-0.25, -0.2) is 0 Å². The monoisotopic (exact) mass is 262 g/mol. The van der Waals surface area contributed by atoms with Crippen LogP contribution in [0.4, 0.5) is 5.69 Å². The van der Waals surface area contributed by atoms with Gasteiger partial charge in [0.2, 0.25) is 5.91 Å². The first-order chi connectivity index (χ1) is 9.11. The second-order valence-corrected chi connectivity index (χ2v) is 5.26. The van der Waals surface area contributed by atoms with Crippen molar-refractivity contribution in [3.63, 3.8) is 0 Å². The molecule has 0 bridgehead atoms. The van der Waals surface area contributed by atoms with Crippen molar-refractivity contribution < 1.29 is 9.53 Å². The standard InChI is InChI=1S/C15H22N2O2/c1-2-19-13-7-5-6-12(10-13)17-14(18)11-15(16)8-3-4-9-15/h5-7,10H,2-4,8-9,11,16H2,1H3,(H,17,18). The number of nitrogens with one attached hydrogen (secondary N) is 1. The smallest absolute Gasteiger partial charge is 0.226 e. The molecule has 0 spiro atoms. The quantitative estimate of drug-likeness (QED) is 0.857. The second-order valence-electron chi connectivity index (χ2n) is 5.26. The first-order valence-corrected chi connectivity index (χ1v) is 6.93. The van der Waals surface area contributed by atoms with Gasteiger partial charge in [0.15, 0.2) is 0 Å². The molecule has 4 nitrogen and oxygen atoms in total. The van der Waals surface area contributed by atoms with E-state index in [1.54, 1.807) is 0 Å². The number of hydrogen-bond donors (Lipinski definition) is 2. The van der Waals surface area contributed by atoms with E-state index < -0.39 is 0 Å². The molecule has 1 aromatic rings. The zero-order chi connectivity index (χ0) is 13.7. The summed E-state index contributed by atoms with van der Waals surface area (Å²) < 4.78 is 5.41. The molecule has 19 heavy (non-hydrogen) atoms. The zero-order valence-electron chi connectivity index (χ0n) is 11.4. The minimum atomic E-state index is -0.304. The number of anilines is 1. The Kier molecular flexibility index (Phi) is 4.43. The van der Waals surface area contributed by atoms with E-state index in [0.29, 0.717) is 13.0 Å². The van der Waals surface area contributed by atoms with Gasteiger partial charge in [-0.2, -0.15) is 0 Å². The normalized spacial score (nSPS) is 17.2. The molecule has 0 unspecified atom stereocenters. The zero-order valence-corrected chi connectivity index (χ0v) is 11.4. The second kappa shape index (κ2) is 6.06. The summed E-state index contributed by atoms with van der Waals surface area (Å²) in [6.07, 6.45) is 4.54. The number of amides is 1. The fourth-order valence-electron chi connectivity index (χ4n) is 2.61. The third-order valence-corrected chi connectivity index (χ3v) is 3.54. The van der Waals surface area contributed by atoms with E-state index in [9.17, 15) is 4.79 Å². The average molecular weight is 262 g/mol. The Balaban J connectivity index is 1.93. The molecule has 1 amide bonds. The molecular formula is C15H22N2O2. The lowest BCUT2D eigenvalue weighted by molar-refractivity contribution is -0.117. The van der Waals surface area contributed by atoms with Crippen molar-refractivity contribution in [1.82, 2.24) is 0 Å². The highest BCUT2D eigenvalue weighted by molar-refractivity contribution is 5.91. The van der Waals surface area contributed by atoms with Gasteiger partial charge in [0.25, 0.3) is 0 Å². The summed E-state index contributed by atoms with van der Waals surface area (Å²) in [5, 5.41) is 2.89. The predicted octanol–water partition coefficient (Wildman–Crippen LogP) is 2.69. The molecule has 1 fully saturated rings. The molecule has 0 atom stereocenters. The number of nitrogens with two attached hydrogens (primary N) is 1. The first kappa shape index (κ1) is 13.9. The van der Waals surface area contributed by atoms with Gasteiger partial charge >= 0.3 is 0 Å². The van der Waals surface area contributed by atoms with E-state index in [1.807, 2.05) is 31.2 Å².